The van der Waals surface area contributed by atoms with E-state index in [1.807, 2.05) is 48.5 Å². The number of ether oxygens (including phenoxy) is 8. The molecule has 734 valence electrons. The third-order valence-electron chi connectivity index (χ3n) is 21.8. The summed E-state index contributed by atoms with van der Waals surface area (Å²) < 4.78 is 73.4. The molecule has 9 rings (SSSR count). The minimum Gasteiger partial charge on any atom is -0.480 e. The van der Waals surface area contributed by atoms with E-state index in [0.29, 0.717) is 17.3 Å². The Kier molecular flexibility index (Phi) is 45.3. The number of nitrogens with two attached hydrogens (primary N) is 1. The van der Waals surface area contributed by atoms with Crippen molar-refractivity contribution in [3.05, 3.63) is 124 Å². The number of carboxylic acids is 1. The fraction of sp³-hybridized carbons (Fsp3) is 0.506. The van der Waals surface area contributed by atoms with Crippen molar-refractivity contribution < 1.29 is 134 Å². The smallest absolute Gasteiger partial charge is 0.410 e. The zero-order valence-corrected chi connectivity index (χ0v) is 83.1. The third kappa shape index (κ3) is 32.1. The normalized spacial score (nSPS) is 19.7. The number of halogens is 1. The van der Waals surface area contributed by atoms with E-state index in [1.54, 1.807) is 65.8 Å². The van der Waals surface area contributed by atoms with Gasteiger partial charge in [0, 0.05) is 110 Å². The fourth-order valence-electron chi connectivity index (χ4n) is 15.0. The number of hydrogen-bond acceptors (Lipinski definition) is 31. The summed E-state index contributed by atoms with van der Waals surface area (Å²) in [7, 11) is 2.96. The van der Waals surface area contributed by atoms with Crippen LogP contribution < -0.4 is 47.7 Å². The Bertz CT molecular complexity index is 5170. The maximum absolute atomic E-state index is 14.7. The number of aliphatic carboxylic acids is 1. The number of esters is 5. The van der Waals surface area contributed by atoms with E-state index in [2.05, 4.69) is 86.6 Å². The Morgan fingerprint density at radius 2 is 1.16 bits per heavy atom. The second-order valence-corrected chi connectivity index (χ2v) is 35.0. The number of carbonyl (C=O) groups is 16. The van der Waals surface area contributed by atoms with Crippen LogP contribution in [-0.4, -0.2) is 273 Å². The van der Waals surface area contributed by atoms with Gasteiger partial charge in [-0.1, -0.05) is 137 Å². The Morgan fingerprint density at radius 3 is 1.68 bits per heavy atom. The maximum atomic E-state index is 14.7. The Balaban J connectivity index is 0.000000609. The van der Waals surface area contributed by atoms with E-state index in [1.165, 1.54) is 52.0 Å². The molecule has 134 heavy (non-hydrogen) atoms. The lowest BCUT2D eigenvalue weighted by Crippen LogP contribution is -2.60. The summed E-state index contributed by atoms with van der Waals surface area (Å²) in [5.74, 6) is -17.5. The zero-order valence-electron chi connectivity index (χ0n) is 75.5. The van der Waals surface area contributed by atoms with Gasteiger partial charge in [-0.05, 0) is 82.7 Å². The maximum Gasteiger partial charge on any atom is 0.410 e. The number of aromatic nitrogens is 1. The molecule has 6 unspecified atom stereocenters. The quantitative estimate of drug-likeness (QED) is 0.00745. The van der Waals surface area contributed by atoms with Crippen molar-refractivity contribution in [1.29, 1.82) is 0 Å². The number of para-hydroxylation sites is 2. The first-order valence-electron chi connectivity index (χ1n) is 41.6. The van der Waals surface area contributed by atoms with Gasteiger partial charge in [0.2, 0.25) is 63.2 Å². The van der Waals surface area contributed by atoms with Crippen LogP contribution in [-0.2, 0) is 150 Å². The van der Waals surface area contributed by atoms with E-state index in [4.69, 9.17) is 43.6 Å². The number of aromatic amines is 1. The Hall–Kier alpha value is -10.9. The number of thioether (sulfide) groups is 1. The van der Waals surface area contributed by atoms with E-state index in [-0.39, 0.29) is 81.1 Å². The Labute approximate surface area is 809 Å². The van der Waals surface area contributed by atoms with Gasteiger partial charge in [-0.15, -0.1) is 35.7 Å². The predicted molar refractivity (Wildman–Crippen MR) is 506 cm³/mol. The molecular formula is C85H114IN13O29P2S4. The van der Waals surface area contributed by atoms with Gasteiger partial charge in [-0.3, -0.25) is 77.3 Å². The van der Waals surface area contributed by atoms with Crippen molar-refractivity contribution in [2.24, 2.45) is 23.5 Å². The van der Waals surface area contributed by atoms with Crippen LogP contribution in [0.1, 0.15) is 126 Å². The van der Waals surface area contributed by atoms with Crippen LogP contribution >= 0.6 is 51.8 Å². The van der Waals surface area contributed by atoms with Crippen molar-refractivity contribution in [1.82, 2.24) is 56.7 Å². The van der Waals surface area contributed by atoms with Crippen molar-refractivity contribution in [2.75, 3.05) is 66.0 Å². The fourth-order valence-corrected chi connectivity index (χ4v) is 17.5. The van der Waals surface area contributed by atoms with E-state index in [9.17, 15) is 100 Å². The highest BCUT2D eigenvalue weighted by atomic mass is 127. The molecule has 0 spiro atoms. The lowest BCUT2D eigenvalue weighted by molar-refractivity contribution is -0.387. The first-order valence-corrected chi connectivity index (χ1v) is 47.4. The molecule has 0 bridgehead atoms. The average molecular weight is 2100 g/mol. The summed E-state index contributed by atoms with van der Waals surface area (Å²) >= 11 is 8.63. The van der Waals surface area contributed by atoms with Crippen molar-refractivity contribution in [2.45, 2.75) is 202 Å². The monoisotopic (exact) mass is 2100 g/mol. The van der Waals surface area contributed by atoms with Crippen molar-refractivity contribution in [3.63, 3.8) is 0 Å². The highest BCUT2D eigenvalue weighted by Gasteiger charge is 2.48. The number of fused-ring (bicyclic) bond motifs is 6. The number of methoxy groups -OCH3 is 2. The van der Waals surface area contributed by atoms with Gasteiger partial charge in [0.1, 0.15) is 86.0 Å². The number of sulfonamides is 1. The van der Waals surface area contributed by atoms with Crippen LogP contribution in [0.4, 0.5) is 10.5 Å². The molecule has 15 atom stereocenters. The molecule has 3 aliphatic heterocycles. The summed E-state index contributed by atoms with van der Waals surface area (Å²) in [6, 6.07) is 14.4. The topological polar surface area (TPSA) is 589 Å². The van der Waals surface area contributed by atoms with Gasteiger partial charge < -0.3 is 95.8 Å². The number of carboxylic acid groups (broad SMARTS) is 1. The summed E-state index contributed by atoms with van der Waals surface area (Å²) in [6.45, 7) is 13.0. The number of rotatable bonds is 31. The molecule has 1 aliphatic carbocycles. The highest BCUT2D eigenvalue weighted by molar-refractivity contribution is 14.0. The molecule has 1 aromatic heterocycles. The minimum absolute atomic E-state index is 0. The lowest BCUT2D eigenvalue weighted by Gasteiger charge is -2.33. The van der Waals surface area contributed by atoms with E-state index < -0.39 is 255 Å². The number of nitrogens with zero attached hydrogens (tertiary/aromatic N) is 3. The van der Waals surface area contributed by atoms with Crippen LogP contribution in [0.25, 0.3) is 22.0 Å². The summed E-state index contributed by atoms with van der Waals surface area (Å²) in [4.78, 5) is 227. The van der Waals surface area contributed by atoms with E-state index in [0.717, 1.165) is 64.9 Å². The van der Waals surface area contributed by atoms with E-state index >= 15 is 0 Å². The first-order chi connectivity index (χ1) is 62.8. The largest absolute Gasteiger partial charge is 0.480 e. The SMILES string of the molecule is CC[C@H](C)[C@@H]1NC(=O)CNC(=O)C(NS(=O)(=O)c2ccccc2[N+](=O)[O-])Cc2c([nH]c3ccccc23)SCC(C(=O)NC(CC(N)=O)C(=O)N2CC(OC)C[C@H]2C(=O)N[C@H](C(=O)O)[C@@H](C)[C@H](COC(C)=O)OC(C)=O)NC(=O)CNC1=O.COC1C[C@@H](C(=O)N[C@H](C(=O)OC(C)(C)C)C(C)[C@H](COC(C)=O)OC(C)=O)N(C(=O)OCC2c3ccccc3-c3ccccc32)C1.I.P=S.P=S.[HH]. The van der Waals surface area contributed by atoms with Gasteiger partial charge in [0.25, 0.3) is 5.69 Å². The van der Waals surface area contributed by atoms with Crippen molar-refractivity contribution in [3.8, 4) is 11.1 Å². The first kappa shape index (κ1) is 114. The molecule has 12 N–H and O–H groups in total. The molecule has 2 saturated heterocycles. The molecule has 2 fully saturated rings. The number of likely N-dealkylation sites (tertiary alicyclic amines) is 2. The zero-order chi connectivity index (χ0) is 99.2. The molecular weight excluding hydrogens is 1980 g/mol. The molecule has 4 heterocycles. The standard InChI is InChI=1S/C50H65N11O19S2.C35H44N2O10.HI.2HPS.H2/c1-7-24(2)42-47(70)53-19-40(65)54-34(23-81-48-30(29-12-8-9-13-31(29)56-48)17-32(44(67)52-20-41(66)57-42)59-82(76,77)38-15-11-10-14-35(38)61(74)75)45(68)55-33(18-39(51)64)49(71)60-21-28(78-6)16-36(60)46(69)58-43(50(72)73)25(3)37(80-27(5)63)22-79-26(4)62;1-20(30(46-22(3)39)19-44-21(2)38)31(33(41)47-35(4,5)6)36-32(40)29-16-23(43-7)17-37(29)34(42)45-18-28-26-14-10-8-12-24(26)25-13-9-11-15-27(25)28;;2*1-2;/h8-15,24-25,28,32-34,36-37,42-43,56,59H,7,16-23H2,1-6H3,(H2,51,64)(H,52,67)(H,53,70)(H,54,65)(H,55,68)(H,57,66)(H,58,69)(H,72,73);8-15,20,23,28-31H,16-19H2,1-7H3,(H,36,40);1H;2*1H;1H/t24-,25-,28?,32?,33?,34?,36-,37-,42-,43-;20?,23?,29-,30-,31-;;;;/m00..../s1. The van der Waals surface area contributed by atoms with Crippen LogP contribution in [0.5, 0.6) is 0 Å². The number of nitrogens with one attached hydrogen (secondary N) is 9. The lowest BCUT2D eigenvalue weighted by atomic mass is 9.94. The van der Waals surface area contributed by atoms with Gasteiger partial charge in [-0.2, -0.15) is 4.72 Å². The number of benzene rings is 4. The molecule has 0 radical (unpaired) electrons. The number of H-pyrrole nitrogens is 1. The highest BCUT2D eigenvalue weighted by Crippen LogP contribution is 2.45. The molecule has 42 nitrogen and oxygen atoms in total. The number of primary amides is 1. The number of amides is 10. The summed E-state index contributed by atoms with van der Waals surface area (Å²) in [5, 5.41) is 40.1. The van der Waals surface area contributed by atoms with Gasteiger partial charge in [0.15, 0.2) is 4.90 Å². The summed E-state index contributed by atoms with van der Waals surface area (Å²) in [6.07, 6.45) is -5.65. The minimum atomic E-state index is -4.91. The number of hydrogen-bond donors (Lipinski definition) is 11. The molecule has 4 aliphatic rings. The second-order valence-electron chi connectivity index (χ2n) is 32.2. The molecule has 5 aromatic rings. The third-order valence-corrected chi connectivity index (χ3v) is 24.5. The van der Waals surface area contributed by atoms with Crippen LogP contribution in [0.2, 0.25) is 0 Å². The summed E-state index contributed by atoms with van der Waals surface area (Å²) in [5.41, 5.74) is 8.83. The molecule has 4 aromatic carbocycles. The van der Waals surface area contributed by atoms with Crippen LogP contribution in [0.3, 0.4) is 0 Å². The molecule has 49 heteroatoms. The number of carbonyl (C=O) groups excluding carboxylic acids is 15. The van der Waals surface area contributed by atoms with Gasteiger partial charge in [-0.25, -0.2) is 22.8 Å². The molecule has 0 saturated carbocycles. The van der Waals surface area contributed by atoms with Crippen LogP contribution in [0, 0.1) is 27.9 Å². The van der Waals surface area contributed by atoms with Gasteiger partial charge in [0.05, 0.1) is 48.2 Å². The van der Waals surface area contributed by atoms with Gasteiger partial charge >= 0.3 is 41.9 Å². The van der Waals surface area contributed by atoms with Crippen LogP contribution in [0.15, 0.2) is 107 Å². The average Bonchev–Trinajstić information content (AvgIpc) is 1.59. The molecule has 10 amide bonds. The number of nitro groups is 1. The number of nitro benzene ring substituents is 1. The predicted octanol–water partition coefficient (Wildman–Crippen LogP) is 4.02. The second kappa shape index (κ2) is 53.4. The Morgan fingerprint density at radius 1 is 0.672 bits per heavy atom. The van der Waals surface area contributed by atoms with Crippen molar-refractivity contribution >= 4 is 197 Å².